The van der Waals surface area contributed by atoms with Crippen LogP contribution in [0, 0.1) is 0 Å². The largest absolute Gasteiger partial charge is 0.254 e. The van der Waals surface area contributed by atoms with E-state index >= 15 is 0 Å². The molecule has 0 aliphatic rings. The standard InChI is InChI=1S/C30H44N2/c1-4-7-10-13-18-25-26(19-14-11-8-5-2)28(20-15-12-9-6-3)32-30-27(25)22-21-24-17-16-23-31-29(24)30/h16-17,21-23H,4-15,18-20H2,1-3H3. The van der Waals surface area contributed by atoms with Crippen molar-refractivity contribution in [2.24, 2.45) is 0 Å². The molecular formula is C30H44N2. The highest BCUT2D eigenvalue weighted by Crippen LogP contribution is 2.32. The van der Waals surface area contributed by atoms with Crippen LogP contribution in [0.15, 0.2) is 30.5 Å². The van der Waals surface area contributed by atoms with Gasteiger partial charge in [0, 0.05) is 22.7 Å². The Hall–Kier alpha value is -1.96. The van der Waals surface area contributed by atoms with Crippen LogP contribution in [0.2, 0.25) is 0 Å². The summed E-state index contributed by atoms with van der Waals surface area (Å²) in [4.78, 5) is 10.1. The molecule has 0 aliphatic heterocycles. The molecule has 0 aliphatic carbocycles. The minimum atomic E-state index is 1.08. The fourth-order valence-corrected chi connectivity index (χ4v) is 4.99. The number of rotatable bonds is 15. The number of aryl methyl sites for hydroxylation is 2. The van der Waals surface area contributed by atoms with Crippen LogP contribution in [0.3, 0.4) is 0 Å². The summed E-state index contributed by atoms with van der Waals surface area (Å²) in [6, 6.07) is 8.79. The minimum Gasteiger partial charge on any atom is -0.254 e. The van der Waals surface area contributed by atoms with Crippen molar-refractivity contribution in [1.82, 2.24) is 9.97 Å². The van der Waals surface area contributed by atoms with E-state index in [0.717, 1.165) is 17.5 Å². The zero-order valence-electron chi connectivity index (χ0n) is 20.9. The van der Waals surface area contributed by atoms with Crippen molar-refractivity contribution in [3.8, 4) is 0 Å². The Balaban J connectivity index is 2.05. The van der Waals surface area contributed by atoms with Gasteiger partial charge >= 0.3 is 0 Å². The highest BCUT2D eigenvalue weighted by atomic mass is 14.8. The van der Waals surface area contributed by atoms with E-state index in [9.17, 15) is 0 Å². The summed E-state index contributed by atoms with van der Waals surface area (Å²) in [5.74, 6) is 0. The summed E-state index contributed by atoms with van der Waals surface area (Å²) < 4.78 is 0. The van der Waals surface area contributed by atoms with Gasteiger partial charge in [0.1, 0.15) is 0 Å². The van der Waals surface area contributed by atoms with Crippen LogP contribution in [0.5, 0.6) is 0 Å². The Labute approximate surface area is 196 Å². The van der Waals surface area contributed by atoms with Gasteiger partial charge in [-0.15, -0.1) is 0 Å². The summed E-state index contributed by atoms with van der Waals surface area (Å²) in [7, 11) is 0. The van der Waals surface area contributed by atoms with E-state index in [-0.39, 0.29) is 0 Å². The maximum atomic E-state index is 5.34. The molecule has 0 fully saturated rings. The van der Waals surface area contributed by atoms with Crippen LogP contribution >= 0.6 is 0 Å². The molecule has 32 heavy (non-hydrogen) atoms. The first-order valence-electron chi connectivity index (χ1n) is 13.5. The maximum absolute atomic E-state index is 5.34. The van der Waals surface area contributed by atoms with Gasteiger partial charge in [-0.05, 0) is 55.7 Å². The summed E-state index contributed by atoms with van der Waals surface area (Å²) in [6.07, 6.45) is 21.1. The molecule has 0 atom stereocenters. The van der Waals surface area contributed by atoms with E-state index in [0.29, 0.717) is 0 Å². The molecule has 2 heterocycles. The number of hydrogen-bond donors (Lipinski definition) is 0. The molecule has 1 aromatic carbocycles. The number of fused-ring (bicyclic) bond motifs is 3. The van der Waals surface area contributed by atoms with Gasteiger partial charge in [-0.25, -0.2) is 0 Å². The van der Waals surface area contributed by atoms with Crippen LogP contribution in [-0.2, 0) is 19.3 Å². The number of aromatic nitrogens is 2. The molecule has 2 nitrogen and oxygen atoms in total. The molecule has 0 saturated carbocycles. The van der Waals surface area contributed by atoms with Gasteiger partial charge in [0.2, 0.25) is 0 Å². The van der Waals surface area contributed by atoms with Crippen LogP contribution in [0.4, 0.5) is 0 Å². The number of hydrogen-bond acceptors (Lipinski definition) is 2. The average Bonchev–Trinajstić information content (AvgIpc) is 2.82. The fraction of sp³-hybridized carbons (Fsp3) is 0.600. The van der Waals surface area contributed by atoms with Crippen LogP contribution in [-0.4, -0.2) is 9.97 Å². The summed E-state index contributed by atoms with van der Waals surface area (Å²) in [6.45, 7) is 6.89. The average molecular weight is 433 g/mol. The highest BCUT2D eigenvalue weighted by molar-refractivity contribution is 6.04. The third-order valence-corrected chi connectivity index (χ3v) is 6.86. The first-order chi connectivity index (χ1) is 15.8. The van der Waals surface area contributed by atoms with Crippen molar-refractivity contribution in [1.29, 1.82) is 0 Å². The smallest absolute Gasteiger partial charge is 0.0970 e. The predicted octanol–water partition coefficient (Wildman–Crippen LogP) is 9.15. The first-order valence-corrected chi connectivity index (χ1v) is 13.5. The van der Waals surface area contributed by atoms with E-state index in [2.05, 4.69) is 39.0 Å². The number of benzene rings is 1. The normalized spacial score (nSPS) is 11.6. The molecule has 3 aromatic rings. The van der Waals surface area contributed by atoms with Crippen molar-refractivity contribution < 1.29 is 0 Å². The van der Waals surface area contributed by atoms with Crippen LogP contribution in [0.25, 0.3) is 21.8 Å². The lowest BCUT2D eigenvalue weighted by molar-refractivity contribution is 0.636. The van der Waals surface area contributed by atoms with E-state index in [1.807, 2.05) is 12.3 Å². The molecular weight excluding hydrogens is 388 g/mol. The molecule has 0 amide bonds. The molecule has 0 bridgehead atoms. The van der Waals surface area contributed by atoms with Gasteiger partial charge in [-0.3, -0.25) is 9.97 Å². The van der Waals surface area contributed by atoms with Gasteiger partial charge in [0.15, 0.2) is 0 Å². The number of nitrogens with zero attached hydrogens (tertiary/aromatic N) is 2. The van der Waals surface area contributed by atoms with Crippen molar-refractivity contribution in [3.63, 3.8) is 0 Å². The van der Waals surface area contributed by atoms with Gasteiger partial charge in [0.25, 0.3) is 0 Å². The highest BCUT2D eigenvalue weighted by Gasteiger charge is 2.17. The topological polar surface area (TPSA) is 25.8 Å². The Morgan fingerprint density at radius 3 is 1.88 bits per heavy atom. The lowest BCUT2D eigenvalue weighted by Gasteiger charge is -2.19. The zero-order valence-corrected chi connectivity index (χ0v) is 20.9. The summed E-state index contributed by atoms with van der Waals surface area (Å²) in [5, 5.41) is 2.56. The summed E-state index contributed by atoms with van der Waals surface area (Å²) >= 11 is 0. The molecule has 0 N–H and O–H groups in total. The fourth-order valence-electron chi connectivity index (χ4n) is 4.99. The lowest BCUT2D eigenvalue weighted by Crippen LogP contribution is -2.07. The number of pyridine rings is 2. The Morgan fingerprint density at radius 2 is 1.22 bits per heavy atom. The molecule has 3 rings (SSSR count). The predicted molar refractivity (Wildman–Crippen MR) is 141 cm³/mol. The van der Waals surface area contributed by atoms with Gasteiger partial charge in [-0.1, -0.05) is 96.8 Å². The van der Waals surface area contributed by atoms with Crippen LogP contribution < -0.4 is 0 Å². The van der Waals surface area contributed by atoms with Crippen molar-refractivity contribution in [2.75, 3.05) is 0 Å². The monoisotopic (exact) mass is 432 g/mol. The Bertz CT molecular complexity index is 960. The molecule has 0 spiro atoms. The molecule has 174 valence electrons. The first kappa shape index (κ1) is 24.7. The summed E-state index contributed by atoms with van der Waals surface area (Å²) in [5.41, 5.74) is 6.75. The third-order valence-electron chi connectivity index (χ3n) is 6.86. The minimum absolute atomic E-state index is 1.08. The van der Waals surface area contributed by atoms with Crippen molar-refractivity contribution >= 4 is 21.8 Å². The van der Waals surface area contributed by atoms with E-state index < -0.39 is 0 Å². The Morgan fingerprint density at radius 1 is 0.594 bits per heavy atom. The molecule has 2 heteroatoms. The van der Waals surface area contributed by atoms with E-state index in [1.54, 1.807) is 11.1 Å². The molecule has 0 unspecified atom stereocenters. The second-order valence-corrected chi connectivity index (χ2v) is 9.48. The molecule has 0 saturated heterocycles. The maximum Gasteiger partial charge on any atom is 0.0970 e. The van der Waals surface area contributed by atoms with Gasteiger partial charge in [0.05, 0.1) is 11.0 Å². The number of unbranched alkanes of at least 4 members (excludes halogenated alkanes) is 9. The second-order valence-electron chi connectivity index (χ2n) is 9.48. The van der Waals surface area contributed by atoms with Crippen LogP contribution in [0.1, 0.15) is 115 Å². The lowest BCUT2D eigenvalue weighted by atomic mass is 9.90. The van der Waals surface area contributed by atoms with E-state index in [1.165, 1.54) is 106 Å². The molecule has 0 radical (unpaired) electrons. The Kier molecular flexibility index (Phi) is 10.5. The molecule has 2 aromatic heterocycles. The second kappa shape index (κ2) is 13.6. The quantitative estimate of drug-likeness (QED) is 0.177. The SMILES string of the molecule is CCCCCCc1nc2c(ccc3cccnc32)c(CCCCCC)c1CCCCCC. The van der Waals surface area contributed by atoms with Gasteiger partial charge in [-0.2, -0.15) is 0 Å². The van der Waals surface area contributed by atoms with E-state index in [4.69, 9.17) is 9.97 Å². The van der Waals surface area contributed by atoms with Gasteiger partial charge < -0.3 is 0 Å². The van der Waals surface area contributed by atoms with Crippen molar-refractivity contribution in [3.05, 3.63) is 47.3 Å². The third kappa shape index (κ3) is 6.53. The van der Waals surface area contributed by atoms with Crippen molar-refractivity contribution in [2.45, 2.75) is 117 Å². The zero-order chi connectivity index (χ0) is 22.6.